The maximum absolute atomic E-state index is 10.7. The molecule has 14 heavy (non-hydrogen) atoms. The first-order chi connectivity index (χ1) is 6.13. The van der Waals surface area contributed by atoms with Crippen LogP contribution in [-0.2, 0) is 11.2 Å². The van der Waals surface area contributed by atoms with Gasteiger partial charge in [-0.05, 0) is 18.1 Å². The summed E-state index contributed by atoms with van der Waals surface area (Å²) in [6, 6.07) is 5.33. The number of aryl methyl sites for hydroxylation is 1. The molecule has 0 atom stereocenters. The van der Waals surface area contributed by atoms with Crippen LogP contribution in [0.1, 0.15) is 19.4 Å². The highest BCUT2D eigenvalue weighted by molar-refractivity contribution is 5.85. The molecule has 0 heterocycles. The summed E-state index contributed by atoms with van der Waals surface area (Å²) in [6.07, 6.45) is 0.822. The van der Waals surface area contributed by atoms with Crippen LogP contribution in [0, 0.1) is 0 Å². The van der Waals surface area contributed by atoms with Gasteiger partial charge in [0.1, 0.15) is 5.75 Å². The molecule has 0 unspecified atom stereocenters. The van der Waals surface area contributed by atoms with E-state index < -0.39 is 0 Å². The van der Waals surface area contributed by atoms with Crippen molar-refractivity contribution in [3.63, 3.8) is 0 Å². The van der Waals surface area contributed by atoms with E-state index in [2.05, 4.69) is 0 Å². The molecule has 0 amide bonds. The second-order valence-electron chi connectivity index (χ2n) is 2.81. The molecule has 0 saturated carbocycles. The Balaban J connectivity index is 0.00000169. The van der Waals surface area contributed by atoms with Crippen molar-refractivity contribution in [2.45, 2.75) is 20.3 Å². The van der Waals surface area contributed by atoms with Crippen molar-refractivity contribution >= 4 is 24.1 Å². The standard InChI is InChI=1S/C10H13NO2.ClH/c1-3-8-4-5-9(11)6-10(8)13-7(2)12;/h4-6H,3,11H2,1-2H3;1H. The van der Waals surface area contributed by atoms with Gasteiger partial charge in [-0.2, -0.15) is 0 Å². The Hall–Kier alpha value is -1.22. The van der Waals surface area contributed by atoms with E-state index in [1.807, 2.05) is 13.0 Å². The summed E-state index contributed by atoms with van der Waals surface area (Å²) < 4.78 is 5.00. The molecule has 1 aromatic carbocycles. The maximum Gasteiger partial charge on any atom is 0.308 e. The number of halogens is 1. The Kier molecular flexibility index (Phi) is 5.02. The molecular formula is C10H14ClNO2. The highest BCUT2D eigenvalue weighted by Gasteiger charge is 2.04. The minimum absolute atomic E-state index is 0. The quantitative estimate of drug-likeness (QED) is 0.467. The molecule has 0 aromatic heterocycles. The van der Waals surface area contributed by atoms with Crippen LogP contribution in [0.25, 0.3) is 0 Å². The first kappa shape index (κ1) is 12.8. The number of anilines is 1. The fourth-order valence-electron chi connectivity index (χ4n) is 1.11. The van der Waals surface area contributed by atoms with Crippen LogP contribution in [0.3, 0.4) is 0 Å². The van der Waals surface area contributed by atoms with Crippen LogP contribution in [0.15, 0.2) is 18.2 Å². The van der Waals surface area contributed by atoms with Gasteiger partial charge in [-0.1, -0.05) is 13.0 Å². The largest absolute Gasteiger partial charge is 0.426 e. The summed E-state index contributed by atoms with van der Waals surface area (Å²) >= 11 is 0. The van der Waals surface area contributed by atoms with Crippen LogP contribution >= 0.6 is 12.4 Å². The summed E-state index contributed by atoms with van der Waals surface area (Å²) in [5, 5.41) is 0. The average molecular weight is 216 g/mol. The molecule has 78 valence electrons. The van der Waals surface area contributed by atoms with E-state index in [9.17, 15) is 4.79 Å². The van der Waals surface area contributed by atoms with E-state index in [-0.39, 0.29) is 18.4 Å². The van der Waals surface area contributed by atoms with Crippen molar-refractivity contribution < 1.29 is 9.53 Å². The van der Waals surface area contributed by atoms with Crippen LogP contribution < -0.4 is 10.5 Å². The van der Waals surface area contributed by atoms with Gasteiger partial charge in [0.25, 0.3) is 0 Å². The molecular weight excluding hydrogens is 202 g/mol. The van der Waals surface area contributed by atoms with Gasteiger partial charge in [0, 0.05) is 18.7 Å². The molecule has 0 radical (unpaired) electrons. The number of ether oxygens (including phenoxy) is 1. The molecule has 0 saturated heterocycles. The lowest BCUT2D eigenvalue weighted by molar-refractivity contribution is -0.131. The zero-order valence-corrected chi connectivity index (χ0v) is 9.06. The second-order valence-corrected chi connectivity index (χ2v) is 2.81. The normalized spacial score (nSPS) is 9.00. The van der Waals surface area contributed by atoms with Gasteiger partial charge in [-0.15, -0.1) is 12.4 Å². The third kappa shape index (κ3) is 3.26. The molecule has 0 spiro atoms. The minimum atomic E-state index is -0.319. The first-order valence-electron chi connectivity index (χ1n) is 4.20. The summed E-state index contributed by atoms with van der Waals surface area (Å²) in [7, 11) is 0. The number of nitrogen functional groups attached to an aromatic ring is 1. The number of rotatable bonds is 2. The number of carbonyl (C=O) groups is 1. The Morgan fingerprint density at radius 2 is 2.14 bits per heavy atom. The lowest BCUT2D eigenvalue weighted by Crippen LogP contribution is -2.04. The minimum Gasteiger partial charge on any atom is -0.426 e. The van der Waals surface area contributed by atoms with E-state index in [0.717, 1.165) is 12.0 Å². The number of hydrogen-bond donors (Lipinski definition) is 1. The van der Waals surface area contributed by atoms with Gasteiger partial charge in [0.2, 0.25) is 0 Å². The van der Waals surface area contributed by atoms with Gasteiger partial charge in [0.05, 0.1) is 0 Å². The molecule has 0 aliphatic carbocycles. The molecule has 0 bridgehead atoms. The Morgan fingerprint density at radius 1 is 1.50 bits per heavy atom. The Bertz CT molecular complexity index is 326. The van der Waals surface area contributed by atoms with Crippen LogP contribution in [-0.4, -0.2) is 5.97 Å². The maximum atomic E-state index is 10.7. The van der Waals surface area contributed by atoms with Gasteiger partial charge >= 0.3 is 5.97 Å². The molecule has 0 fully saturated rings. The van der Waals surface area contributed by atoms with Crippen molar-refractivity contribution in [2.24, 2.45) is 0 Å². The Morgan fingerprint density at radius 3 is 2.64 bits per heavy atom. The summed E-state index contributed by atoms with van der Waals surface area (Å²) in [6.45, 7) is 3.38. The fraction of sp³-hybridized carbons (Fsp3) is 0.300. The van der Waals surface area contributed by atoms with Gasteiger partial charge < -0.3 is 10.5 Å². The third-order valence-corrected chi connectivity index (χ3v) is 1.73. The summed E-state index contributed by atoms with van der Waals surface area (Å²) in [4.78, 5) is 10.7. The smallest absolute Gasteiger partial charge is 0.308 e. The fourth-order valence-corrected chi connectivity index (χ4v) is 1.11. The highest BCUT2D eigenvalue weighted by Crippen LogP contribution is 2.22. The molecule has 1 aromatic rings. The number of carbonyl (C=O) groups excluding carboxylic acids is 1. The van der Waals surface area contributed by atoms with Crippen LogP contribution in [0.5, 0.6) is 5.75 Å². The highest BCUT2D eigenvalue weighted by atomic mass is 35.5. The molecule has 0 aliphatic heterocycles. The number of benzene rings is 1. The van der Waals surface area contributed by atoms with Crippen molar-refractivity contribution in [1.29, 1.82) is 0 Å². The van der Waals surface area contributed by atoms with E-state index in [0.29, 0.717) is 11.4 Å². The van der Waals surface area contributed by atoms with Gasteiger partial charge in [-0.25, -0.2) is 0 Å². The zero-order chi connectivity index (χ0) is 9.84. The third-order valence-electron chi connectivity index (χ3n) is 1.73. The monoisotopic (exact) mass is 215 g/mol. The molecule has 2 N–H and O–H groups in total. The number of esters is 1. The van der Waals surface area contributed by atoms with Crippen LogP contribution in [0.4, 0.5) is 5.69 Å². The second kappa shape index (κ2) is 5.50. The van der Waals surface area contributed by atoms with E-state index >= 15 is 0 Å². The topological polar surface area (TPSA) is 52.3 Å². The first-order valence-corrected chi connectivity index (χ1v) is 4.20. The van der Waals surface area contributed by atoms with E-state index in [1.54, 1.807) is 12.1 Å². The van der Waals surface area contributed by atoms with Crippen LogP contribution in [0.2, 0.25) is 0 Å². The number of hydrogen-bond acceptors (Lipinski definition) is 3. The lowest BCUT2D eigenvalue weighted by atomic mass is 10.1. The van der Waals surface area contributed by atoms with Crippen molar-refractivity contribution in [3.05, 3.63) is 23.8 Å². The molecule has 1 rings (SSSR count). The Labute approximate surface area is 89.7 Å². The summed E-state index contributed by atoms with van der Waals surface area (Å²) in [5.74, 6) is 0.246. The summed E-state index contributed by atoms with van der Waals surface area (Å²) in [5.41, 5.74) is 7.16. The molecule has 0 aliphatic rings. The predicted molar refractivity (Wildman–Crippen MR) is 58.8 cm³/mol. The average Bonchev–Trinajstić information content (AvgIpc) is 2.03. The predicted octanol–water partition coefficient (Wildman–Crippen LogP) is 2.18. The van der Waals surface area contributed by atoms with Crippen molar-refractivity contribution in [2.75, 3.05) is 5.73 Å². The number of nitrogens with two attached hydrogens (primary N) is 1. The molecule has 3 nitrogen and oxygen atoms in total. The van der Waals surface area contributed by atoms with E-state index in [4.69, 9.17) is 10.5 Å². The van der Waals surface area contributed by atoms with Gasteiger partial charge in [-0.3, -0.25) is 4.79 Å². The SMILES string of the molecule is CCc1ccc(N)cc1OC(C)=O.Cl. The van der Waals surface area contributed by atoms with Crippen molar-refractivity contribution in [1.82, 2.24) is 0 Å². The van der Waals surface area contributed by atoms with E-state index in [1.165, 1.54) is 6.92 Å². The lowest BCUT2D eigenvalue weighted by Gasteiger charge is -2.07. The molecule has 4 heteroatoms. The van der Waals surface area contributed by atoms with Crippen molar-refractivity contribution in [3.8, 4) is 5.75 Å². The zero-order valence-electron chi connectivity index (χ0n) is 8.24. The van der Waals surface area contributed by atoms with Gasteiger partial charge in [0.15, 0.2) is 0 Å².